The number of anilines is 2. The summed E-state index contributed by atoms with van der Waals surface area (Å²) in [6, 6.07) is 9.40. The van der Waals surface area contributed by atoms with Crippen molar-refractivity contribution in [2.24, 2.45) is 11.5 Å². The number of nitrogens with zero attached hydrogens (tertiary/aromatic N) is 3. The Hall–Kier alpha value is -3.66. The van der Waals surface area contributed by atoms with Crippen molar-refractivity contribution in [1.82, 2.24) is 9.88 Å². The highest BCUT2D eigenvalue weighted by atomic mass is 31.2. The number of phosphoric acid groups is 1. The van der Waals surface area contributed by atoms with Crippen molar-refractivity contribution in [3.63, 3.8) is 0 Å². The van der Waals surface area contributed by atoms with Gasteiger partial charge in [-0.1, -0.05) is 18.2 Å². The number of fused-ring (bicyclic) bond motifs is 2. The lowest BCUT2D eigenvalue weighted by molar-refractivity contribution is -0.125. The fourth-order valence-corrected chi connectivity index (χ4v) is 3.96. The number of aliphatic hydroxyl groups excluding tert-OH is 2. The predicted molar refractivity (Wildman–Crippen MR) is 162 cm³/mol. The molecule has 4 rings (SSSR count). The fourth-order valence-electron chi connectivity index (χ4n) is 3.70. The Bertz CT molecular complexity index is 1420. The number of carbonyl (C=O) groups is 2. The van der Waals surface area contributed by atoms with Gasteiger partial charge < -0.3 is 46.1 Å². The van der Waals surface area contributed by atoms with Gasteiger partial charge in [0.25, 0.3) is 0 Å². The molecule has 2 amide bonds. The molecule has 0 saturated heterocycles. The molecule has 15 nitrogen and oxygen atoms in total. The van der Waals surface area contributed by atoms with Gasteiger partial charge in [-0.05, 0) is 30.7 Å². The Balaban J connectivity index is 0.000000719. The highest BCUT2D eigenvalue weighted by Gasteiger charge is 2.26. The monoisotopic (exact) mass is 622 g/mol. The summed E-state index contributed by atoms with van der Waals surface area (Å²) in [4.78, 5) is 49.8. The van der Waals surface area contributed by atoms with Crippen LogP contribution in [0.25, 0.3) is 17.0 Å². The first-order valence-corrected chi connectivity index (χ1v) is 14.7. The Morgan fingerprint density at radius 2 is 1.88 bits per heavy atom. The number of likely N-dealkylation sites (N-methyl/N-ethyl adjacent to an activating group) is 1. The van der Waals surface area contributed by atoms with Crippen molar-refractivity contribution < 1.29 is 43.1 Å². The van der Waals surface area contributed by atoms with Crippen LogP contribution in [0.3, 0.4) is 0 Å². The summed E-state index contributed by atoms with van der Waals surface area (Å²) in [6.45, 7) is 2.89. The lowest BCUT2D eigenvalue weighted by Gasteiger charge is -2.21. The number of phosphoric ester groups is 1. The Morgan fingerprint density at radius 1 is 1.23 bits per heavy atom. The number of hydrogen-bond acceptors (Lipinski definition) is 11. The molecule has 0 aliphatic carbocycles. The van der Waals surface area contributed by atoms with Crippen LogP contribution < -0.4 is 21.7 Å². The van der Waals surface area contributed by atoms with Gasteiger partial charge in [-0.25, -0.2) is 9.55 Å². The molecule has 0 unspecified atom stereocenters. The van der Waals surface area contributed by atoms with Crippen molar-refractivity contribution in [3.8, 4) is 0 Å². The van der Waals surface area contributed by atoms with E-state index in [9.17, 15) is 14.2 Å². The molecular formula is C27H39N6O9P. The van der Waals surface area contributed by atoms with Crippen LogP contribution in [-0.4, -0.2) is 88.3 Å². The van der Waals surface area contributed by atoms with E-state index in [0.717, 1.165) is 21.4 Å². The quantitative estimate of drug-likeness (QED) is 0.130. The summed E-state index contributed by atoms with van der Waals surface area (Å²) in [5, 5.41) is 19.6. The second kappa shape index (κ2) is 17.5. The van der Waals surface area contributed by atoms with E-state index in [0.29, 0.717) is 43.2 Å². The average Bonchev–Trinajstić information content (AvgIpc) is 3.21. The van der Waals surface area contributed by atoms with Crippen LogP contribution in [0, 0.1) is 6.92 Å². The first kappa shape index (κ1) is 35.5. The number of aliphatic hydroxyl groups is 2. The largest absolute Gasteiger partial charge is 0.471 e. The van der Waals surface area contributed by atoms with E-state index in [2.05, 4.69) is 14.8 Å². The zero-order valence-electron chi connectivity index (χ0n) is 24.0. The molecule has 236 valence electrons. The molecule has 9 N–H and O–H groups in total. The van der Waals surface area contributed by atoms with Crippen molar-refractivity contribution >= 4 is 48.2 Å². The number of amides is 2. The molecule has 1 aliphatic heterocycles. The lowest BCUT2D eigenvalue weighted by Crippen LogP contribution is -2.32. The van der Waals surface area contributed by atoms with E-state index in [1.165, 1.54) is 17.2 Å². The van der Waals surface area contributed by atoms with Crippen LogP contribution in [0.4, 0.5) is 11.5 Å². The van der Waals surface area contributed by atoms with Crippen molar-refractivity contribution in [1.29, 1.82) is 0 Å². The van der Waals surface area contributed by atoms with Gasteiger partial charge in [0.2, 0.25) is 11.8 Å². The lowest BCUT2D eigenvalue weighted by atomic mass is 10.1. The van der Waals surface area contributed by atoms with Gasteiger partial charge in [-0.15, -0.1) is 0 Å². The van der Waals surface area contributed by atoms with E-state index in [1.807, 2.05) is 31.2 Å². The smallest absolute Gasteiger partial charge is 0.459 e. The number of benzene rings is 1. The molecule has 0 bridgehead atoms. The number of carbonyl (C=O) groups excluding carboxylic acids is 2. The highest BCUT2D eigenvalue weighted by Crippen LogP contribution is 2.37. The van der Waals surface area contributed by atoms with Crippen LogP contribution in [0.15, 0.2) is 47.0 Å². The fraction of sp³-hybridized carbons (Fsp3) is 0.370. The molecule has 0 spiro atoms. The van der Waals surface area contributed by atoms with Gasteiger partial charge >= 0.3 is 7.82 Å². The maximum absolute atomic E-state index is 12.7. The number of nitrogens with one attached hydrogen (secondary N) is 1. The number of aromatic nitrogens is 1. The van der Waals surface area contributed by atoms with E-state index < -0.39 is 20.5 Å². The Labute approximate surface area is 249 Å². The molecule has 0 saturated carbocycles. The van der Waals surface area contributed by atoms with Crippen molar-refractivity contribution in [2.45, 2.75) is 19.9 Å². The van der Waals surface area contributed by atoms with Crippen molar-refractivity contribution in [2.75, 3.05) is 56.8 Å². The summed E-state index contributed by atoms with van der Waals surface area (Å²) in [5.74, 6) is 0.272. The number of pyridine rings is 1. The number of hydrogen-bond donors (Lipinski definition) is 7. The molecule has 3 heterocycles. The van der Waals surface area contributed by atoms with Gasteiger partial charge in [-0.3, -0.25) is 19.0 Å². The third-order valence-corrected chi connectivity index (χ3v) is 6.28. The maximum Gasteiger partial charge on any atom is 0.471 e. The normalized spacial score (nSPS) is 12.9. The second-order valence-electron chi connectivity index (χ2n) is 9.09. The van der Waals surface area contributed by atoms with Gasteiger partial charge in [0.05, 0.1) is 25.4 Å². The molecule has 0 radical (unpaired) electrons. The maximum atomic E-state index is 12.7. The van der Waals surface area contributed by atoms with Crippen LogP contribution in [-0.2, 0) is 25.2 Å². The number of nitrogens with two attached hydrogens (primary N) is 2. The molecule has 0 fully saturated rings. The van der Waals surface area contributed by atoms with Crippen LogP contribution in [0.2, 0.25) is 0 Å². The predicted octanol–water partition coefficient (Wildman–Crippen LogP) is 0.898. The Kier molecular flexibility index (Phi) is 14.4. The zero-order chi connectivity index (χ0) is 32.0. The molecule has 16 heteroatoms. The third kappa shape index (κ3) is 11.2. The minimum Gasteiger partial charge on any atom is -0.459 e. The Morgan fingerprint density at radius 3 is 2.49 bits per heavy atom. The van der Waals surface area contributed by atoms with Gasteiger partial charge in [0, 0.05) is 56.3 Å². The SMILES string of the molecule is Cc1c(CN(C)C(=O)/C=C/c2cnc3c(c2)NCCC(=O)N3COP(=O)(O)O)oc2ccccc12.NCCO.NCCO. The van der Waals surface area contributed by atoms with Gasteiger partial charge in [0.15, 0.2) is 5.82 Å². The number of rotatable bonds is 9. The van der Waals surface area contributed by atoms with Gasteiger partial charge in [-0.2, -0.15) is 0 Å². The number of para-hydroxylation sites is 1. The number of furan rings is 1. The first-order valence-electron chi connectivity index (χ1n) is 13.2. The second-order valence-corrected chi connectivity index (χ2v) is 10.3. The van der Waals surface area contributed by atoms with Crippen LogP contribution in [0.5, 0.6) is 0 Å². The van der Waals surface area contributed by atoms with E-state index >= 15 is 0 Å². The standard InChI is InChI=1S/C23H25N4O7P.2C2H7NO/c1-15-17-5-3-4-6-19(17)34-20(15)13-26(2)21(28)8-7-16-11-18-23(25-12-16)27(14-33-35(30,31)32)22(29)9-10-24-18;2*3-1-2-4/h3-8,11-12,24H,9-10,13-14H2,1-2H3,(H2,30,31,32);2*4H,1-3H2/b8-7+;;. The summed E-state index contributed by atoms with van der Waals surface area (Å²) >= 11 is 0. The summed E-state index contributed by atoms with van der Waals surface area (Å²) in [5.41, 5.74) is 12.4. The van der Waals surface area contributed by atoms with E-state index in [1.54, 1.807) is 19.2 Å². The van der Waals surface area contributed by atoms with Gasteiger partial charge in [0.1, 0.15) is 18.1 Å². The highest BCUT2D eigenvalue weighted by molar-refractivity contribution is 7.46. The first-order chi connectivity index (χ1) is 20.4. The van der Waals surface area contributed by atoms with E-state index in [4.69, 9.17) is 35.9 Å². The minimum absolute atomic E-state index is 0.0938. The zero-order valence-corrected chi connectivity index (χ0v) is 24.9. The summed E-state index contributed by atoms with van der Waals surface area (Å²) in [7, 11) is -3.08. The third-order valence-electron chi connectivity index (χ3n) is 5.83. The van der Waals surface area contributed by atoms with E-state index in [-0.39, 0.29) is 31.4 Å². The molecule has 1 aliphatic rings. The van der Waals surface area contributed by atoms with Crippen molar-refractivity contribution in [3.05, 3.63) is 59.5 Å². The molecule has 2 aromatic heterocycles. The molecule has 1 aromatic carbocycles. The molecular weight excluding hydrogens is 583 g/mol. The van der Waals surface area contributed by atoms with Crippen LogP contribution >= 0.6 is 7.82 Å². The summed E-state index contributed by atoms with van der Waals surface area (Å²) in [6.07, 6.45) is 4.56. The molecule has 3 aromatic rings. The van der Waals surface area contributed by atoms with Crippen LogP contribution in [0.1, 0.15) is 23.3 Å². The number of aryl methyl sites for hydroxylation is 1. The topological polar surface area (TPSA) is 238 Å². The summed E-state index contributed by atoms with van der Waals surface area (Å²) < 4.78 is 21.4. The molecule has 0 atom stereocenters. The minimum atomic E-state index is -4.77. The molecule has 43 heavy (non-hydrogen) atoms. The average molecular weight is 623 g/mol.